The van der Waals surface area contributed by atoms with Gasteiger partial charge in [-0.15, -0.1) is 0 Å². The molecule has 128 valence electrons. The lowest BCUT2D eigenvalue weighted by Crippen LogP contribution is -2.25. The molecule has 0 unspecified atom stereocenters. The van der Waals surface area contributed by atoms with Gasteiger partial charge in [-0.1, -0.05) is 12.1 Å². The van der Waals surface area contributed by atoms with Gasteiger partial charge in [0.05, 0.1) is 12.3 Å². The number of nitrogens with zero attached hydrogens (tertiary/aromatic N) is 1. The van der Waals surface area contributed by atoms with Crippen LogP contribution in [0.2, 0.25) is 0 Å². The average molecular weight is 330 g/mol. The van der Waals surface area contributed by atoms with Crippen molar-refractivity contribution in [2.45, 2.75) is 26.2 Å². The molecular formula is C17H22N4O3. The summed E-state index contributed by atoms with van der Waals surface area (Å²) in [6.45, 7) is 2.67. The van der Waals surface area contributed by atoms with Gasteiger partial charge in [0.1, 0.15) is 0 Å². The predicted octanol–water partition coefficient (Wildman–Crippen LogP) is 1.51. The highest BCUT2D eigenvalue weighted by atomic mass is 16.5. The van der Waals surface area contributed by atoms with Crippen LogP contribution in [0, 0.1) is 0 Å². The molecule has 1 amide bonds. The van der Waals surface area contributed by atoms with Gasteiger partial charge in [-0.25, -0.2) is 10.2 Å². The summed E-state index contributed by atoms with van der Waals surface area (Å²) in [7, 11) is 0. The van der Waals surface area contributed by atoms with Crippen molar-refractivity contribution in [1.82, 2.24) is 5.43 Å². The fourth-order valence-electron chi connectivity index (χ4n) is 2.17. The van der Waals surface area contributed by atoms with Crippen molar-refractivity contribution < 1.29 is 14.3 Å². The van der Waals surface area contributed by atoms with E-state index in [-0.39, 0.29) is 5.91 Å². The molecule has 7 heteroatoms. The Labute approximate surface area is 140 Å². The molecule has 0 fully saturated rings. The van der Waals surface area contributed by atoms with Gasteiger partial charge in [0.2, 0.25) is 5.91 Å². The minimum Gasteiger partial charge on any atom is -0.462 e. The first-order valence-corrected chi connectivity index (χ1v) is 7.85. The number of allylic oxidation sites excluding steroid dienone is 1. The first kappa shape index (κ1) is 17.5. The molecule has 0 aromatic heterocycles. The molecule has 0 bridgehead atoms. The molecule has 1 aliphatic heterocycles. The summed E-state index contributed by atoms with van der Waals surface area (Å²) in [4.78, 5) is 22.3. The van der Waals surface area contributed by atoms with Crippen LogP contribution in [0.25, 0.3) is 0 Å². The van der Waals surface area contributed by atoms with Crippen molar-refractivity contribution in [2.75, 3.05) is 18.5 Å². The molecule has 0 saturated heterocycles. The zero-order chi connectivity index (χ0) is 17.4. The number of anilines is 1. The van der Waals surface area contributed by atoms with Crippen molar-refractivity contribution in [3.8, 4) is 0 Å². The summed E-state index contributed by atoms with van der Waals surface area (Å²) in [5.41, 5.74) is 11.2. The van der Waals surface area contributed by atoms with E-state index in [1.54, 1.807) is 6.92 Å². The van der Waals surface area contributed by atoms with Gasteiger partial charge in [-0.3, -0.25) is 4.79 Å². The number of hydrogen-bond donors (Lipinski definition) is 3. The van der Waals surface area contributed by atoms with Gasteiger partial charge in [0.15, 0.2) is 0 Å². The number of nitrogens with one attached hydrogen (secondary N) is 2. The van der Waals surface area contributed by atoms with Gasteiger partial charge < -0.3 is 15.8 Å². The molecule has 24 heavy (non-hydrogen) atoms. The van der Waals surface area contributed by atoms with Crippen molar-refractivity contribution in [3.05, 3.63) is 41.6 Å². The highest BCUT2D eigenvalue weighted by molar-refractivity contribution is 6.04. The van der Waals surface area contributed by atoms with Crippen LogP contribution in [0.4, 0.5) is 5.69 Å². The second-order valence-corrected chi connectivity index (χ2v) is 5.51. The topological polar surface area (TPSA) is 106 Å². The van der Waals surface area contributed by atoms with Crippen molar-refractivity contribution in [2.24, 2.45) is 10.8 Å². The number of carbonyl (C=O) groups excluding carboxylic acids is 2. The summed E-state index contributed by atoms with van der Waals surface area (Å²) < 4.78 is 5.01. The Bertz CT molecular complexity index is 646. The standard InChI is InChI=1S/C17H22N4O3/c1-12(18)11-17(23)24-10-2-9-19-14-5-3-13(4-6-14)15-7-8-16(22)21-20-15/h3-6,11,19H,2,7-10,18H2,1H3,(H,21,22). The number of esters is 1. The van der Waals surface area contributed by atoms with Crippen LogP contribution in [-0.4, -0.2) is 30.7 Å². The Hall–Kier alpha value is -2.83. The largest absolute Gasteiger partial charge is 0.462 e. The molecule has 1 aliphatic rings. The number of nitrogens with two attached hydrogens (primary N) is 1. The number of rotatable bonds is 7. The van der Waals surface area contributed by atoms with E-state index < -0.39 is 5.97 Å². The normalized spacial score (nSPS) is 14.6. The number of carbonyl (C=O) groups is 2. The Morgan fingerprint density at radius 1 is 1.38 bits per heavy atom. The number of amides is 1. The lowest BCUT2D eigenvalue weighted by molar-refractivity contribution is -0.137. The maximum atomic E-state index is 11.3. The molecule has 0 aliphatic carbocycles. The zero-order valence-electron chi connectivity index (χ0n) is 13.7. The molecule has 0 atom stereocenters. The summed E-state index contributed by atoms with van der Waals surface area (Å²) >= 11 is 0. The lowest BCUT2D eigenvalue weighted by Gasteiger charge is -2.13. The fraction of sp³-hybridized carbons (Fsp3) is 0.353. The predicted molar refractivity (Wildman–Crippen MR) is 92.4 cm³/mol. The summed E-state index contributed by atoms with van der Waals surface area (Å²) in [5, 5.41) is 7.32. The Morgan fingerprint density at radius 3 is 2.75 bits per heavy atom. The highest BCUT2D eigenvalue weighted by Gasteiger charge is 2.12. The van der Waals surface area contributed by atoms with Gasteiger partial charge >= 0.3 is 5.97 Å². The van der Waals surface area contributed by atoms with E-state index in [2.05, 4.69) is 15.8 Å². The SMILES string of the molecule is CC(N)=CC(=O)OCCCNc1ccc(C2=NNC(=O)CC2)cc1. The van der Waals surface area contributed by atoms with Crippen LogP contribution in [0.15, 0.2) is 41.1 Å². The fourth-order valence-corrected chi connectivity index (χ4v) is 2.17. The molecule has 0 spiro atoms. The van der Waals surface area contributed by atoms with Crippen molar-refractivity contribution in [3.63, 3.8) is 0 Å². The smallest absolute Gasteiger partial charge is 0.332 e. The number of ether oxygens (including phenoxy) is 1. The summed E-state index contributed by atoms with van der Waals surface area (Å²) in [5.74, 6) is -0.463. The van der Waals surface area contributed by atoms with E-state index in [4.69, 9.17) is 10.5 Å². The molecule has 1 heterocycles. The van der Waals surface area contributed by atoms with Crippen molar-refractivity contribution >= 4 is 23.3 Å². The monoisotopic (exact) mass is 330 g/mol. The van der Waals surface area contributed by atoms with E-state index >= 15 is 0 Å². The number of benzene rings is 1. The summed E-state index contributed by atoms with van der Waals surface area (Å²) in [6.07, 6.45) is 3.09. The van der Waals surface area contributed by atoms with E-state index in [1.165, 1.54) is 6.08 Å². The summed E-state index contributed by atoms with van der Waals surface area (Å²) in [6, 6.07) is 7.85. The maximum Gasteiger partial charge on any atom is 0.332 e. The van der Waals surface area contributed by atoms with Gasteiger partial charge in [-0.2, -0.15) is 5.10 Å². The average Bonchev–Trinajstić information content (AvgIpc) is 2.55. The molecule has 7 nitrogen and oxygen atoms in total. The van der Waals surface area contributed by atoms with E-state index in [1.807, 2.05) is 24.3 Å². The molecule has 4 N–H and O–H groups in total. The molecule has 1 aromatic rings. The van der Waals surface area contributed by atoms with Crippen LogP contribution < -0.4 is 16.5 Å². The molecular weight excluding hydrogens is 308 g/mol. The molecule has 1 aromatic carbocycles. The van der Waals surface area contributed by atoms with E-state index in [0.29, 0.717) is 38.1 Å². The second-order valence-electron chi connectivity index (χ2n) is 5.51. The molecule has 0 saturated carbocycles. The minimum atomic E-state index is -0.417. The van der Waals surface area contributed by atoms with Crippen LogP contribution in [0.1, 0.15) is 31.7 Å². The first-order chi connectivity index (χ1) is 11.5. The first-order valence-electron chi connectivity index (χ1n) is 7.85. The Morgan fingerprint density at radius 2 is 2.12 bits per heavy atom. The third kappa shape index (κ3) is 5.75. The molecule has 0 radical (unpaired) electrons. The van der Waals surface area contributed by atoms with Gasteiger partial charge in [0, 0.05) is 36.8 Å². The van der Waals surface area contributed by atoms with Crippen LogP contribution in [0.3, 0.4) is 0 Å². The van der Waals surface area contributed by atoms with E-state index in [0.717, 1.165) is 17.0 Å². The van der Waals surface area contributed by atoms with E-state index in [9.17, 15) is 9.59 Å². The number of hydrazone groups is 1. The van der Waals surface area contributed by atoms with Crippen LogP contribution in [0.5, 0.6) is 0 Å². The highest BCUT2D eigenvalue weighted by Crippen LogP contribution is 2.14. The third-order valence-corrected chi connectivity index (χ3v) is 3.36. The second kappa shape index (κ2) is 8.71. The Balaban J connectivity index is 1.72. The number of hydrogen-bond acceptors (Lipinski definition) is 6. The maximum absolute atomic E-state index is 11.3. The third-order valence-electron chi connectivity index (χ3n) is 3.36. The van der Waals surface area contributed by atoms with Gasteiger partial charge in [0.25, 0.3) is 0 Å². The zero-order valence-corrected chi connectivity index (χ0v) is 13.7. The quantitative estimate of drug-likeness (QED) is 0.399. The Kier molecular flexibility index (Phi) is 6.36. The van der Waals surface area contributed by atoms with Crippen LogP contribution >= 0.6 is 0 Å². The lowest BCUT2D eigenvalue weighted by atomic mass is 10.0. The minimum absolute atomic E-state index is 0.0464. The van der Waals surface area contributed by atoms with Crippen LogP contribution in [-0.2, 0) is 14.3 Å². The van der Waals surface area contributed by atoms with Gasteiger partial charge in [-0.05, 0) is 31.0 Å². The van der Waals surface area contributed by atoms with Crippen molar-refractivity contribution in [1.29, 1.82) is 0 Å². The molecule has 2 rings (SSSR count).